The summed E-state index contributed by atoms with van der Waals surface area (Å²) >= 11 is 1.54. The molecule has 0 radical (unpaired) electrons. The molecule has 0 amide bonds. The molecule has 30 heavy (non-hydrogen) atoms. The average Bonchev–Trinajstić information content (AvgIpc) is 3.43. The van der Waals surface area contributed by atoms with Gasteiger partial charge in [0.1, 0.15) is 22.1 Å². The van der Waals surface area contributed by atoms with Crippen molar-refractivity contribution in [3.05, 3.63) is 59.7 Å². The number of hydrogen-bond donors (Lipinski definition) is 2. The number of nitrogens with one attached hydrogen (secondary N) is 1. The van der Waals surface area contributed by atoms with E-state index in [0.717, 1.165) is 67.9 Å². The number of halogens is 1. The Hall–Kier alpha value is -3.03. The number of fused-ring (bicyclic) bond motifs is 2. The summed E-state index contributed by atoms with van der Waals surface area (Å²) in [6.45, 7) is 0. The molecule has 0 saturated heterocycles. The monoisotopic (exact) mass is 418 g/mol. The van der Waals surface area contributed by atoms with Gasteiger partial charge in [0.2, 0.25) is 0 Å². The predicted molar refractivity (Wildman–Crippen MR) is 117 cm³/mol. The molecule has 5 aromatic rings. The fourth-order valence-corrected chi connectivity index (χ4v) is 5.41. The number of hydrogen-bond acceptors (Lipinski definition) is 4. The Labute approximate surface area is 175 Å². The second-order valence-corrected chi connectivity index (χ2v) is 9.06. The van der Waals surface area contributed by atoms with Crippen LogP contribution in [0.25, 0.3) is 43.6 Å². The molecule has 0 atom stereocenters. The molecule has 0 aliphatic heterocycles. The van der Waals surface area contributed by atoms with Gasteiger partial charge in [0.15, 0.2) is 0 Å². The van der Waals surface area contributed by atoms with Crippen molar-refractivity contribution in [2.24, 2.45) is 7.05 Å². The minimum atomic E-state index is -0.759. The van der Waals surface area contributed by atoms with Crippen molar-refractivity contribution in [1.82, 2.24) is 19.5 Å². The first-order valence-electron chi connectivity index (χ1n) is 9.94. The van der Waals surface area contributed by atoms with Crippen LogP contribution in [0.1, 0.15) is 24.3 Å². The van der Waals surface area contributed by atoms with E-state index in [1.165, 1.54) is 6.07 Å². The standard InChI is InChI=1S/C23H19FN4OS/c1-28-12-17(15-9-13(24)3-4-19(15)28)18-10-16-14(5-8-25-21(16)27-18)20-11-26-22(30-20)23(29)6-2-7-23/h3-5,8-12,29H,2,6-7H2,1H3,(H,25,27). The molecule has 1 saturated carbocycles. The van der Waals surface area contributed by atoms with Crippen LogP contribution in [0.2, 0.25) is 0 Å². The van der Waals surface area contributed by atoms with Crippen molar-refractivity contribution < 1.29 is 9.50 Å². The van der Waals surface area contributed by atoms with Crippen molar-refractivity contribution in [1.29, 1.82) is 0 Å². The van der Waals surface area contributed by atoms with E-state index in [2.05, 4.69) is 21.0 Å². The Morgan fingerprint density at radius 3 is 2.80 bits per heavy atom. The van der Waals surface area contributed by atoms with E-state index in [0.29, 0.717) is 0 Å². The van der Waals surface area contributed by atoms with Gasteiger partial charge in [0, 0.05) is 58.7 Å². The SMILES string of the molecule is Cn1cc(-c2cc3c(-c4cnc(C5(O)CCC5)s4)ccnc3[nH]2)c2cc(F)ccc21. The quantitative estimate of drug-likeness (QED) is 0.415. The van der Waals surface area contributed by atoms with Gasteiger partial charge in [-0.3, -0.25) is 0 Å². The molecular formula is C23H19FN4OS. The number of thiazole rings is 1. The molecule has 1 aliphatic rings. The molecule has 6 rings (SSSR count). The number of aryl methyl sites for hydroxylation is 1. The van der Waals surface area contributed by atoms with Crippen LogP contribution in [0.15, 0.2) is 48.9 Å². The normalized spacial score (nSPS) is 15.7. The minimum absolute atomic E-state index is 0.254. The zero-order valence-electron chi connectivity index (χ0n) is 16.3. The van der Waals surface area contributed by atoms with E-state index in [1.54, 1.807) is 29.7 Å². The smallest absolute Gasteiger partial charge is 0.138 e. The van der Waals surface area contributed by atoms with E-state index in [1.807, 2.05) is 30.1 Å². The van der Waals surface area contributed by atoms with Crippen molar-refractivity contribution in [3.63, 3.8) is 0 Å². The number of rotatable bonds is 3. The summed E-state index contributed by atoms with van der Waals surface area (Å²) in [4.78, 5) is 13.4. The maximum absolute atomic E-state index is 13.9. The maximum atomic E-state index is 13.9. The van der Waals surface area contributed by atoms with Gasteiger partial charge in [-0.15, -0.1) is 11.3 Å². The highest BCUT2D eigenvalue weighted by molar-refractivity contribution is 7.15. The van der Waals surface area contributed by atoms with Crippen LogP contribution in [0.3, 0.4) is 0 Å². The molecule has 2 N–H and O–H groups in total. The zero-order valence-corrected chi connectivity index (χ0v) is 17.1. The molecule has 1 aliphatic carbocycles. The van der Waals surface area contributed by atoms with Gasteiger partial charge in [-0.1, -0.05) is 0 Å². The van der Waals surface area contributed by atoms with Gasteiger partial charge >= 0.3 is 0 Å². The van der Waals surface area contributed by atoms with Gasteiger partial charge in [-0.2, -0.15) is 0 Å². The number of H-pyrrole nitrogens is 1. The van der Waals surface area contributed by atoms with Crippen LogP contribution >= 0.6 is 11.3 Å². The first-order valence-corrected chi connectivity index (χ1v) is 10.8. The molecule has 0 bridgehead atoms. The summed E-state index contributed by atoms with van der Waals surface area (Å²) in [6, 6.07) is 8.89. The van der Waals surface area contributed by atoms with Crippen LogP contribution in [0.4, 0.5) is 4.39 Å². The second kappa shape index (κ2) is 6.23. The molecule has 150 valence electrons. The molecule has 0 spiro atoms. The highest BCUT2D eigenvalue weighted by atomic mass is 32.1. The Kier molecular flexibility index (Phi) is 3.70. The molecule has 1 fully saturated rings. The van der Waals surface area contributed by atoms with Gasteiger partial charge in [-0.05, 0) is 49.6 Å². The third kappa shape index (κ3) is 2.55. The van der Waals surface area contributed by atoms with E-state index >= 15 is 0 Å². The molecule has 0 unspecified atom stereocenters. The third-order valence-electron chi connectivity index (χ3n) is 6.12. The van der Waals surface area contributed by atoms with E-state index in [4.69, 9.17) is 0 Å². The first kappa shape index (κ1) is 17.8. The Morgan fingerprint density at radius 1 is 1.13 bits per heavy atom. The molecule has 1 aromatic carbocycles. The lowest BCUT2D eigenvalue weighted by molar-refractivity contribution is -0.0389. The summed E-state index contributed by atoms with van der Waals surface area (Å²) in [5, 5.41) is 13.3. The first-order chi connectivity index (χ1) is 14.5. The van der Waals surface area contributed by atoms with Crippen molar-refractivity contribution in [3.8, 4) is 21.7 Å². The second-order valence-electron chi connectivity index (χ2n) is 8.03. The fraction of sp³-hybridized carbons (Fsp3) is 0.217. The Bertz CT molecular complexity index is 1430. The third-order valence-corrected chi connectivity index (χ3v) is 7.35. The average molecular weight is 418 g/mol. The summed E-state index contributed by atoms with van der Waals surface area (Å²) in [6.07, 6.45) is 8.21. The highest BCUT2D eigenvalue weighted by Gasteiger charge is 2.39. The van der Waals surface area contributed by atoms with Gasteiger partial charge in [0.05, 0.1) is 4.88 Å². The van der Waals surface area contributed by atoms with Crippen molar-refractivity contribution >= 4 is 33.3 Å². The predicted octanol–water partition coefficient (Wildman–Crippen LogP) is 5.36. The van der Waals surface area contributed by atoms with Crippen LogP contribution in [-0.2, 0) is 12.6 Å². The number of aromatic amines is 1. The summed E-state index contributed by atoms with van der Waals surface area (Å²) < 4.78 is 15.9. The minimum Gasteiger partial charge on any atom is -0.383 e. The van der Waals surface area contributed by atoms with Crippen LogP contribution in [0, 0.1) is 5.82 Å². The Morgan fingerprint density at radius 2 is 2.00 bits per heavy atom. The van der Waals surface area contributed by atoms with Crippen LogP contribution < -0.4 is 0 Å². The van der Waals surface area contributed by atoms with Crippen molar-refractivity contribution in [2.45, 2.75) is 24.9 Å². The van der Waals surface area contributed by atoms with E-state index in [9.17, 15) is 9.50 Å². The van der Waals surface area contributed by atoms with E-state index in [-0.39, 0.29) is 5.82 Å². The van der Waals surface area contributed by atoms with Gasteiger partial charge < -0.3 is 14.7 Å². The molecule has 4 heterocycles. The number of aliphatic hydroxyl groups is 1. The summed E-state index contributed by atoms with van der Waals surface area (Å²) in [7, 11) is 1.96. The van der Waals surface area contributed by atoms with Gasteiger partial charge in [0.25, 0.3) is 0 Å². The number of pyridine rings is 1. The summed E-state index contributed by atoms with van der Waals surface area (Å²) in [5.74, 6) is -0.254. The molecule has 5 nitrogen and oxygen atoms in total. The molecular weight excluding hydrogens is 399 g/mol. The highest BCUT2D eigenvalue weighted by Crippen LogP contribution is 2.45. The van der Waals surface area contributed by atoms with Crippen molar-refractivity contribution in [2.75, 3.05) is 0 Å². The number of aromatic nitrogens is 4. The largest absolute Gasteiger partial charge is 0.383 e. The van der Waals surface area contributed by atoms with Gasteiger partial charge in [-0.25, -0.2) is 14.4 Å². The lowest BCUT2D eigenvalue weighted by Gasteiger charge is -2.34. The van der Waals surface area contributed by atoms with E-state index < -0.39 is 5.60 Å². The molecule has 7 heteroatoms. The maximum Gasteiger partial charge on any atom is 0.138 e. The fourth-order valence-electron chi connectivity index (χ4n) is 4.31. The topological polar surface area (TPSA) is 66.7 Å². The zero-order chi connectivity index (χ0) is 20.5. The number of benzene rings is 1. The Balaban J connectivity index is 1.50. The summed E-state index contributed by atoms with van der Waals surface area (Å²) in [5.41, 5.74) is 3.84. The number of nitrogens with zero attached hydrogens (tertiary/aromatic N) is 3. The lowest BCUT2D eigenvalue weighted by atomic mass is 9.81. The molecule has 4 aromatic heterocycles. The van der Waals surface area contributed by atoms with Crippen LogP contribution in [0.5, 0.6) is 0 Å². The van der Waals surface area contributed by atoms with Crippen LogP contribution in [-0.4, -0.2) is 24.6 Å². The lowest BCUT2D eigenvalue weighted by Crippen LogP contribution is -2.33.